The van der Waals surface area contributed by atoms with Crippen LogP contribution in [0.15, 0.2) is 35.4 Å². The van der Waals surface area contributed by atoms with Crippen LogP contribution in [0, 0.1) is 5.95 Å². The third-order valence-corrected chi connectivity index (χ3v) is 3.49. The van der Waals surface area contributed by atoms with Crippen LogP contribution in [-0.4, -0.2) is 29.5 Å². The lowest BCUT2D eigenvalue weighted by atomic mass is 10.4. The Kier molecular flexibility index (Phi) is 3.21. The number of aromatic carboxylic acids is 1. The summed E-state index contributed by atoms with van der Waals surface area (Å²) in [6.07, 6.45) is 1.02. The molecule has 9 heteroatoms. The van der Waals surface area contributed by atoms with Crippen molar-refractivity contribution in [2.45, 2.75) is 4.90 Å². The van der Waals surface area contributed by atoms with E-state index in [-0.39, 0.29) is 16.4 Å². The van der Waals surface area contributed by atoms with Crippen LogP contribution >= 0.6 is 0 Å². The second-order valence-electron chi connectivity index (χ2n) is 3.51. The molecule has 3 N–H and O–H groups in total. The maximum Gasteiger partial charge on any atom is 0.352 e. The van der Waals surface area contributed by atoms with Gasteiger partial charge >= 0.3 is 5.97 Å². The number of carboxylic acid groups (broad SMARTS) is 1. The molecular formula is C10H8FN3O4S. The van der Waals surface area contributed by atoms with E-state index in [1.54, 1.807) is 0 Å². The maximum absolute atomic E-state index is 12.8. The van der Waals surface area contributed by atoms with Gasteiger partial charge in [-0.1, -0.05) is 6.07 Å². The lowest BCUT2D eigenvalue weighted by Gasteiger charge is -2.04. The lowest BCUT2D eigenvalue weighted by Crippen LogP contribution is -2.13. The number of anilines is 1. The standard InChI is InChI=1S/C10H8FN3O4S/c11-8-2-1-3-9(13-8)14-19(17,18)6-4-7(10(15)16)12-5-6/h1-5,12H,(H,13,14)(H,15,16). The minimum absolute atomic E-state index is 0.196. The number of halogens is 1. The summed E-state index contributed by atoms with van der Waals surface area (Å²) in [5.41, 5.74) is -0.271. The molecule has 0 saturated carbocycles. The number of nitrogens with one attached hydrogen (secondary N) is 2. The van der Waals surface area contributed by atoms with Crippen molar-refractivity contribution in [3.63, 3.8) is 0 Å². The van der Waals surface area contributed by atoms with Crippen molar-refractivity contribution < 1.29 is 22.7 Å². The van der Waals surface area contributed by atoms with Crippen LogP contribution in [0.3, 0.4) is 0 Å². The number of sulfonamides is 1. The van der Waals surface area contributed by atoms with E-state index in [2.05, 4.69) is 9.97 Å². The van der Waals surface area contributed by atoms with E-state index in [4.69, 9.17) is 5.11 Å². The van der Waals surface area contributed by atoms with Gasteiger partial charge in [0.2, 0.25) is 5.95 Å². The predicted octanol–water partition coefficient (Wildman–Crippen LogP) is 1.05. The van der Waals surface area contributed by atoms with Crippen LogP contribution in [0.1, 0.15) is 10.5 Å². The van der Waals surface area contributed by atoms with Crippen LogP contribution < -0.4 is 4.72 Å². The maximum atomic E-state index is 12.8. The summed E-state index contributed by atoms with van der Waals surface area (Å²) in [7, 11) is -4.02. The molecular weight excluding hydrogens is 277 g/mol. The number of nitrogens with zero attached hydrogens (tertiary/aromatic N) is 1. The topological polar surface area (TPSA) is 112 Å². The highest BCUT2D eigenvalue weighted by molar-refractivity contribution is 7.92. The Balaban J connectivity index is 2.29. The van der Waals surface area contributed by atoms with Gasteiger partial charge < -0.3 is 10.1 Å². The van der Waals surface area contributed by atoms with Gasteiger partial charge in [0.15, 0.2) is 0 Å². The lowest BCUT2D eigenvalue weighted by molar-refractivity contribution is 0.0691. The van der Waals surface area contributed by atoms with Crippen molar-refractivity contribution in [3.8, 4) is 0 Å². The Morgan fingerprint density at radius 2 is 2.16 bits per heavy atom. The van der Waals surface area contributed by atoms with Crippen molar-refractivity contribution in [1.82, 2.24) is 9.97 Å². The van der Waals surface area contributed by atoms with E-state index in [1.807, 2.05) is 4.72 Å². The van der Waals surface area contributed by atoms with Crippen LogP contribution in [-0.2, 0) is 10.0 Å². The molecule has 0 bridgehead atoms. The molecule has 2 aromatic heterocycles. The zero-order valence-electron chi connectivity index (χ0n) is 9.29. The first-order valence-electron chi connectivity index (χ1n) is 4.95. The predicted molar refractivity (Wildman–Crippen MR) is 62.8 cm³/mol. The van der Waals surface area contributed by atoms with Gasteiger partial charge in [-0.05, 0) is 18.2 Å². The van der Waals surface area contributed by atoms with Gasteiger partial charge in [0, 0.05) is 6.20 Å². The summed E-state index contributed by atoms with van der Waals surface area (Å²) >= 11 is 0. The molecule has 0 fully saturated rings. The number of H-pyrrole nitrogens is 1. The highest BCUT2D eigenvalue weighted by Gasteiger charge is 2.18. The summed E-state index contributed by atoms with van der Waals surface area (Å²) in [5, 5.41) is 8.68. The zero-order chi connectivity index (χ0) is 14.0. The SMILES string of the molecule is O=C(O)c1cc(S(=O)(=O)Nc2cccc(F)n2)c[nH]1. The van der Waals surface area contributed by atoms with Gasteiger partial charge in [0.1, 0.15) is 16.4 Å². The molecule has 2 aromatic rings. The van der Waals surface area contributed by atoms with Crippen molar-refractivity contribution >= 4 is 21.8 Å². The monoisotopic (exact) mass is 285 g/mol. The molecule has 0 unspecified atom stereocenters. The normalized spacial score (nSPS) is 11.2. The first kappa shape index (κ1) is 13.0. The molecule has 0 aliphatic heterocycles. The van der Waals surface area contributed by atoms with Crippen LogP contribution in [0.5, 0.6) is 0 Å². The van der Waals surface area contributed by atoms with Crippen LogP contribution in [0.2, 0.25) is 0 Å². The molecule has 0 spiro atoms. The van der Waals surface area contributed by atoms with Crippen molar-refractivity contribution in [2.75, 3.05) is 4.72 Å². The summed E-state index contributed by atoms with van der Waals surface area (Å²) < 4.78 is 38.6. The second kappa shape index (κ2) is 4.69. The average molecular weight is 285 g/mol. The first-order chi connectivity index (χ1) is 8.88. The van der Waals surface area contributed by atoms with Crippen molar-refractivity contribution in [3.05, 3.63) is 42.1 Å². The Morgan fingerprint density at radius 3 is 2.74 bits per heavy atom. The molecule has 0 saturated heterocycles. The number of hydrogen-bond acceptors (Lipinski definition) is 4. The minimum Gasteiger partial charge on any atom is -0.477 e. The molecule has 0 radical (unpaired) electrons. The van der Waals surface area contributed by atoms with Gasteiger partial charge in [0.25, 0.3) is 10.0 Å². The fourth-order valence-corrected chi connectivity index (χ4v) is 2.31. The molecule has 0 atom stereocenters. The molecule has 2 heterocycles. The molecule has 0 amide bonds. The smallest absolute Gasteiger partial charge is 0.352 e. The molecule has 0 aromatic carbocycles. The number of hydrogen-bond donors (Lipinski definition) is 3. The number of carbonyl (C=O) groups is 1. The highest BCUT2D eigenvalue weighted by Crippen LogP contribution is 2.15. The van der Waals surface area contributed by atoms with Crippen molar-refractivity contribution in [1.29, 1.82) is 0 Å². The minimum atomic E-state index is -4.02. The van der Waals surface area contributed by atoms with E-state index < -0.39 is 21.9 Å². The summed E-state index contributed by atoms with van der Waals surface area (Å²) in [6.45, 7) is 0. The number of pyridine rings is 1. The summed E-state index contributed by atoms with van der Waals surface area (Å²) in [4.78, 5) is 16.0. The highest BCUT2D eigenvalue weighted by atomic mass is 32.2. The van der Waals surface area contributed by atoms with E-state index in [0.29, 0.717) is 0 Å². The fourth-order valence-electron chi connectivity index (χ4n) is 1.31. The van der Waals surface area contributed by atoms with Crippen LogP contribution in [0.4, 0.5) is 10.2 Å². The van der Waals surface area contributed by atoms with E-state index in [1.165, 1.54) is 12.1 Å². The zero-order valence-corrected chi connectivity index (χ0v) is 10.1. The fraction of sp³-hybridized carbons (Fsp3) is 0. The van der Waals surface area contributed by atoms with E-state index >= 15 is 0 Å². The molecule has 7 nitrogen and oxygen atoms in total. The van der Waals surface area contributed by atoms with Gasteiger partial charge in [-0.15, -0.1) is 0 Å². The summed E-state index contributed by atoms with van der Waals surface area (Å²) in [6, 6.07) is 4.58. The average Bonchev–Trinajstić information content (AvgIpc) is 2.78. The third-order valence-electron chi connectivity index (χ3n) is 2.15. The number of aromatic nitrogens is 2. The Morgan fingerprint density at radius 1 is 1.42 bits per heavy atom. The number of rotatable bonds is 4. The van der Waals surface area contributed by atoms with Crippen LogP contribution in [0.25, 0.3) is 0 Å². The quantitative estimate of drug-likeness (QED) is 0.727. The molecule has 0 aliphatic rings. The third kappa shape index (κ3) is 2.88. The van der Waals surface area contributed by atoms with Gasteiger partial charge in [-0.3, -0.25) is 4.72 Å². The molecule has 2 rings (SSSR count). The molecule has 0 aliphatic carbocycles. The largest absolute Gasteiger partial charge is 0.477 e. The van der Waals surface area contributed by atoms with Gasteiger partial charge in [-0.25, -0.2) is 18.2 Å². The van der Waals surface area contributed by atoms with Gasteiger partial charge in [0.05, 0.1) is 0 Å². The number of carboxylic acids is 1. The first-order valence-corrected chi connectivity index (χ1v) is 6.44. The second-order valence-corrected chi connectivity index (χ2v) is 5.19. The van der Waals surface area contributed by atoms with E-state index in [0.717, 1.165) is 18.3 Å². The molecule has 19 heavy (non-hydrogen) atoms. The molecule has 100 valence electrons. The summed E-state index contributed by atoms with van der Waals surface area (Å²) in [5.74, 6) is -2.32. The van der Waals surface area contributed by atoms with E-state index in [9.17, 15) is 17.6 Å². The Labute approximate surface area is 107 Å². The number of aromatic amines is 1. The Bertz CT molecular complexity index is 726. The van der Waals surface area contributed by atoms with Crippen molar-refractivity contribution in [2.24, 2.45) is 0 Å². The van der Waals surface area contributed by atoms with Gasteiger partial charge in [-0.2, -0.15) is 4.39 Å². The Hall–Kier alpha value is -2.42.